The van der Waals surface area contributed by atoms with E-state index in [2.05, 4.69) is 6.07 Å². The van der Waals surface area contributed by atoms with Gasteiger partial charge in [-0.25, -0.2) is 0 Å². The van der Waals surface area contributed by atoms with Gasteiger partial charge in [0.1, 0.15) is 5.75 Å². The van der Waals surface area contributed by atoms with Gasteiger partial charge in [-0.1, -0.05) is 18.2 Å². The molecule has 1 aromatic carbocycles. The van der Waals surface area contributed by atoms with Crippen molar-refractivity contribution in [2.24, 2.45) is 5.41 Å². The second-order valence-corrected chi connectivity index (χ2v) is 5.31. The number of nitrogens with zero attached hydrogens (tertiary/aromatic N) is 1. The number of unbranched alkanes of at least 4 members (excludes halogenated alkanes) is 1. The van der Waals surface area contributed by atoms with Crippen LogP contribution in [0.5, 0.6) is 5.75 Å². The van der Waals surface area contributed by atoms with Crippen molar-refractivity contribution in [2.45, 2.75) is 39.0 Å². The van der Waals surface area contributed by atoms with E-state index in [1.165, 1.54) is 0 Å². The maximum absolute atomic E-state index is 8.90. The van der Waals surface area contributed by atoms with Gasteiger partial charge in [0.05, 0.1) is 24.0 Å². The van der Waals surface area contributed by atoms with Gasteiger partial charge in [0.2, 0.25) is 0 Å². The lowest BCUT2D eigenvalue weighted by Gasteiger charge is -2.15. The molecule has 0 amide bonds. The predicted octanol–water partition coefficient (Wildman–Crippen LogP) is 4.52. The monoisotopic (exact) mass is 265 g/mol. The van der Waals surface area contributed by atoms with Crippen LogP contribution in [0.1, 0.15) is 38.7 Å². The highest BCUT2D eigenvalue weighted by Crippen LogP contribution is 2.23. The van der Waals surface area contributed by atoms with Crippen molar-refractivity contribution in [1.29, 1.82) is 5.26 Å². The van der Waals surface area contributed by atoms with E-state index in [-0.39, 0.29) is 5.41 Å². The normalized spacial score (nSPS) is 11.0. The molecule has 1 aromatic rings. The molecule has 0 atom stereocenters. The SMILES string of the molecule is CC(C)(C#N)CCCCOc1ccccc1CCl. The molecule has 0 fully saturated rings. The lowest BCUT2D eigenvalue weighted by molar-refractivity contribution is 0.293. The quantitative estimate of drug-likeness (QED) is 0.536. The van der Waals surface area contributed by atoms with Crippen LogP contribution in [0.4, 0.5) is 0 Å². The fourth-order valence-corrected chi connectivity index (χ4v) is 1.88. The minimum Gasteiger partial charge on any atom is -0.493 e. The molecule has 0 aliphatic heterocycles. The molecule has 0 aromatic heterocycles. The zero-order chi connectivity index (χ0) is 13.4. The van der Waals surface area contributed by atoms with E-state index in [4.69, 9.17) is 21.6 Å². The van der Waals surface area contributed by atoms with Crippen molar-refractivity contribution in [3.63, 3.8) is 0 Å². The van der Waals surface area contributed by atoms with E-state index in [0.29, 0.717) is 12.5 Å². The Labute approximate surface area is 115 Å². The van der Waals surface area contributed by atoms with Crippen molar-refractivity contribution in [3.8, 4) is 11.8 Å². The summed E-state index contributed by atoms with van der Waals surface area (Å²) in [6.45, 7) is 4.61. The fraction of sp³-hybridized carbons (Fsp3) is 0.533. The average Bonchev–Trinajstić information content (AvgIpc) is 2.38. The van der Waals surface area contributed by atoms with Crippen LogP contribution in [0, 0.1) is 16.7 Å². The number of para-hydroxylation sites is 1. The number of alkyl halides is 1. The van der Waals surface area contributed by atoms with Gasteiger partial charge in [-0.3, -0.25) is 0 Å². The summed E-state index contributed by atoms with van der Waals surface area (Å²) in [7, 11) is 0. The molecule has 3 heteroatoms. The Morgan fingerprint density at radius 2 is 2.00 bits per heavy atom. The molecular formula is C15H20ClNO. The summed E-state index contributed by atoms with van der Waals surface area (Å²) in [5.41, 5.74) is 0.796. The number of hydrogen-bond donors (Lipinski definition) is 0. The zero-order valence-corrected chi connectivity index (χ0v) is 11.8. The number of benzene rings is 1. The van der Waals surface area contributed by atoms with Crippen molar-refractivity contribution < 1.29 is 4.74 Å². The van der Waals surface area contributed by atoms with Gasteiger partial charge in [-0.05, 0) is 39.2 Å². The Kier molecular flexibility index (Phi) is 6.01. The van der Waals surface area contributed by atoms with Crippen LogP contribution in [0.15, 0.2) is 24.3 Å². The Morgan fingerprint density at radius 3 is 2.67 bits per heavy atom. The maximum atomic E-state index is 8.90. The second-order valence-electron chi connectivity index (χ2n) is 5.04. The summed E-state index contributed by atoms with van der Waals surface area (Å²) in [5.74, 6) is 1.34. The highest BCUT2D eigenvalue weighted by molar-refractivity contribution is 6.17. The summed E-state index contributed by atoms with van der Waals surface area (Å²) < 4.78 is 5.71. The van der Waals surface area contributed by atoms with Gasteiger partial charge >= 0.3 is 0 Å². The first kappa shape index (κ1) is 14.9. The van der Waals surface area contributed by atoms with Gasteiger partial charge in [-0.15, -0.1) is 11.6 Å². The molecule has 0 bridgehead atoms. The van der Waals surface area contributed by atoms with Gasteiger partial charge in [0, 0.05) is 5.56 Å². The Bertz CT molecular complexity index is 409. The van der Waals surface area contributed by atoms with Crippen molar-refractivity contribution >= 4 is 11.6 Å². The highest BCUT2D eigenvalue weighted by Gasteiger charge is 2.15. The van der Waals surface area contributed by atoms with E-state index in [9.17, 15) is 0 Å². The third-order valence-electron chi connectivity index (χ3n) is 2.87. The summed E-state index contributed by atoms with van der Waals surface area (Å²) >= 11 is 5.83. The molecule has 0 N–H and O–H groups in total. The standard InChI is InChI=1S/C15H20ClNO/c1-15(2,12-17)9-5-6-10-18-14-8-4-3-7-13(14)11-16/h3-4,7-8H,5-6,9-11H2,1-2H3. The minimum atomic E-state index is -0.228. The summed E-state index contributed by atoms with van der Waals surface area (Å²) in [5, 5.41) is 8.90. The van der Waals surface area contributed by atoms with Crippen LogP contribution in [0.3, 0.4) is 0 Å². The van der Waals surface area contributed by atoms with Crippen LogP contribution < -0.4 is 4.74 Å². The average molecular weight is 266 g/mol. The van der Waals surface area contributed by atoms with E-state index in [1.54, 1.807) is 0 Å². The Morgan fingerprint density at radius 1 is 1.28 bits per heavy atom. The molecular weight excluding hydrogens is 246 g/mol. The molecule has 0 unspecified atom stereocenters. The molecule has 1 rings (SSSR count). The molecule has 0 heterocycles. The molecule has 98 valence electrons. The molecule has 0 aliphatic rings. The smallest absolute Gasteiger partial charge is 0.123 e. The van der Waals surface area contributed by atoms with Crippen LogP contribution >= 0.6 is 11.6 Å². The fourth-order valence-electron chi connectivity index (χ4n) is 1.66. The zero-order valence-electron chi connectivity index (χ0n) is 11.1. The summed E-state index contributed by atoms with van der Waals surface area (Å²) in [6, 6.07) is 10.1. The number of ether oxygens (including phenoxy) is 1. The van der Waals surface area contributed by atoms with Crippen molar-refractivity contribution in [1.82, 2.24) is 0 Å². The van der Waals surface area contributed by atoms with E-state index in [0.717, 1.165) is 30.6 Å². The van der Waals surface area contributed by atoms with Gasteiger partial charge < -0.3 is 4.74 Å². The predicted molar refractivity (Wildman–Crippen MR) is 74.7 cm³/mol. The Hall–Kier alpha value is -1.20. The van der Waals surface area contributed by atoms with E-state index < -0.39 is 0 Å². The summed E-state index contributed by atoms with van der Waals surface area (Å²) in [6.07, 6.45) is 2.87. The van der Waals surface area contributed by atoms with Crippen LogP contribution in [0.25, 0.3) is 0 Å². The van der Waals surface area contributed by atoms with Crippen molar-refractivity contribution in [2.75, 3.05) is 6.61 Å². The number of halogens is 1. The molecule has 0 radical (unpaired) electrons. The van der Waals surface area contributed by atoms with Gasteiger partial charge in [0.15, 0.2) is 0 Å². The second kappa shape index (κ2) is 7.28. The lowest BCUT2D eigenvalue weighted by atomic mass is 9.89. The van der Waals surface area contributed by atoms with Crippen LogP contribution in [0.2, 0.25) is 0 Å². The first-order valence-corrected chi connectivity index (χ1v) is 6.80. The highest BCUT2D eigenvalue weighted by atomic mass is 35.5. The first-order chi connectivity index (χ1) is 8.59. The topological polar surface area (TPSA) is 33.0 Å². The number of rotatable bonds is 7. The van der Waals surface area contributed by atoms with E-state index in [1.807, 2.05) is 38.1 Å². The molecule has 0 spiro atoms. The Balaban J connectivity index is 2.28. The van der Waals surface area contributed by atoms with Gasteiger partial charge in [0.25, 0.3) is 0 Å². The van der Waals surface area contributed by atoms with Crippen molar-refractivity contribution in [3.05, 3.63) is 29.8 Å². The summed E-state index contributed by atoms with van der Waals surface area (Å²) in [4.78, 5) is 0. The molecule has 18 heavy (non-hydrogen) atoms. The minimum absolute atomic E-state index is 0.228. The third kappa shape index (κ3) is 4.98. The number of nitriles is 1. The molecule has 2 nitrogen and oxygen atoms in total. The molecule has 0 saturated heterocycles. The molecule has 0 saturated carbocycles. The maximum Gasteiger partial charge on any atom is 0.123 e. The largest absolute Gasteiger partial charge is 0.493 e. The lowest BCUT2D eigenvalue weighted by Crippen LogP contribution is -2.08. The van der Waals surface area contributed by atoms with E-state index >= 15 is 0 Å². The number of hydrogen-bond acceptors (Lipinski definition) is 2. The van der Waals surface area contributed by atoms with Crippen LogP contribution in [-0.4, -0.2) is 6.61 Å². The molecule has 0 aliphatic carbocycles. The van der Waals surface area contributed by atoms with Crippen LogP contribution in [-0.2, 0) is 5.88 Å². The third-order valence-corrected chi connectivity index (χ3v) is 3.16. The van der Waals surface area contributed by atoms with Gasteiger partial charge in [-0.2, -0.15) is 5.26 Å². The first-order valence-electron chi connectivity index (χ1n) is 6.27.